The van der Waals surface area contributed by atoms with Gasteiger partial charge in [0.1, 0.15) is 5.75 Å². The smallest absolute Gasteiger partial charge is 0.120 e. The molecule has 1 aromatic carbocycles. The zero-order valence-corrected chi connectivity index (χ0v) is 11.4. The highest BCUT2D eigenvalue weighted by molar-refractivity contribution is 5.51. The second kappa shape index (κ2) is 5.41. The number of aryl methyl sites for hydroxylation is 1. The van der Waals surface area contributed by atoms with E-state index in [0.717, 1.165) is 17.7 Å². The normalized spacial score (nSPS) is 13.5. The first-order valence-corrected chi connectivity index (χ1v) is 5.95. The monoisotopic (exact) mass is 237 g/mol. The molecule has 0 saturated heterocycles. The highest BCUT2D eigenvalue weighted by atomic mass is 16.5. The summed E-state index contributed by atoms with van der Waals surface area (Å²) in [7, 11) is 1.73. The lowest BCUT2D eigenvalue weighted by molar-refractivity contribution is 0.0128. The van der Waals surface area contributed by atoms with Crippen LogP contribution in [0.3, 0.4) is 0 Å². The van der Waals surface area contributed by atoms with Gasteiger partial charge < -0.3 is 15.2 Å². The van der Waals surface area contributed by atoms with E-state index < -0.39 is 0 Å². The van der Waals surface area contributed by atoms with E-state index in [0.29, 0.717) is 5.75 Å². The first-order chi connectivity index (χ1) is 7.84. The van der Waals surface area contributed by atoms with E-state index in [2.05, 4.69) is 26.1 Å². The molecular formula is C14H23NO2. The first-order valence-electron chi connectivity index (χ1n) is 5.95. The van der Waals surface area contributed by atoms with Crippen molar-refractivity contribution in [1.29, 1.82) is 0 Å². The molecule has 0 bridgehead atoms. The fourth-order valence-electron chi connectivity index (χ4n) is 1.86. The number of phenols is 1. The maximum absolute atomic E-state index is 9.63. The van der Waals surface area contributed by atoms with Crippen LogP contribution in [0.5, 0.6) is 5.75 Å². The van der Waals surface area contributed by atoms with Crippen molar-refractivity contribution < 1.29 is 9.84 Å². The quantitative estimate of drug-likeness (QED) is 0.825. The Kier molecular flexibility index (Phi) is 4.40. The van der Waals surface area contributed by atoms with Gasteiger partial charge in [-0.3, -0.25) is 0 Å². The number of anilines is 1. The Morgan fingerprint density at radius 1 is 1.41 bits per heavy atom. The topological polar surface area (TPSA) is 41.5 Å². The van der Waals surface area contributed by atoms with Crippen molar-refractivity contribution in [2.75, 3.05) is 12.4 Å². The molecule has 0 fully saturated rings. The minimum Gasteiger partial charge on any atom is -0.508 e. The van der Waals surface area contributed by atoms with E-state index in [1.807, 2.05) is 19.1 Å². The average molecular weight is 237 g/mol. The minimum absolute atomic E-state index is 0.140. The summed E-state index contributed by atoms with van der Waals surface area (Å²) >= 11 is 0. The van der Waals surface area contributed by atoms with Crippen molar-refractivity contribution in [2.24, 2.45) is 0 Å². The number of ether oxygens (including phenoxy) is 1. The fourth-order valence-corrected chi connectivity index (χ4v) is 1.86. The van der Waals surface area contributed by atoms with Crippen molar-refractivity contribution in [3.63, 3.8) is 0 Å². The summed E-state index contributed by atoms with van der Waals surface area (Å²) in [4.78, 5) is 0. The van der Waals surface area contributed by atoms with Gasteiger partial charge in [-0.15, -0.1) is 0 Å². The van der Waals surface area contributed by atoms with E-state index >= 15 is 0 Å². The lowest BCUT2D eigenvalue weighted by Crippen LogP contribution is -2.31. The van der Waals surface area contributed by atoms with Crippen LogP contribution >= 0.6 is 0 Å². The van der Waals surface area contributed by atoms with Crippen molar-refractivity contribution in [2.45, 2.75) is 45.8 Å². The number of phenolic OH excluding ortho intramolecular Hbond substituents is 1. The first kappa shape index (κ1) is 13.8. The molecular weight excluding hydrogens is 214 g/mol. The second-order valence-electron chi connectivity index (χ2n) is 5.21. The predicted molar refractivity (Wildman–Crippen MR) is 71.6 cm³/mol. The SMILES string of the molecule is COC(C)(C)CC(C)Nc1ccc(C)c(O)c1. The molecule has 0 spiro atoms. The highest BCUT2D eigenvalue weighted by Crippen LogP contribution is 2.23. The van der Waals surface area contributed by atoms with E-state index in [1.165, 1.54) is 0 Å². The van der Waals surface area contributed by atoms with E-state index in [-0.39, 0.29) is 11.6 Å². The molecule has 1 atom stereocenters. The third kappa shape index (κ3) is 4.27. The van der Waals surface area contributed by atoms with E-state index in [1.54, 1.807) is 13.2 Å². The molecule has 3 nitrogen and oxygen atoms in total. The molecule has 0 aliphatic carbocycles. The largest absolute Gasteiger partial charge is 0.508 e. The maximum atomic E-state index is 9.63. The highest BCUT2D eigenvalue weighted by Gasteiger charge is 2.20. The Balaban J connectivity index is 2.62. The molecule has 0 saturated carbocycles. The Bertz CT molecular complexity index is 374. The fraction of sp³-hybridized carbons (Fsp3) is 0.571. The number of hydrogen-bond acceptors (Lipinski definition) is 3. The zero-order chi connectivity index (χ0) is 13.1. The summed E-state index contributed by atoms with van der Waals surface area (Å²) in [6, 6.07) is 5.93. The van der Waals surface area contributed by atoms with E-state index in [9.17, 15) is 5.11 Å². The van der Waals surface area contributed by atoms with Crippen LogP contribution in [0.4, 0.5) is 5.69 Å². The van der Waals surface area contributed by atoms with Gasteiger partial charge >= 0.3 is 0 Å². The molecule has 0 aromatic heterocycles. The molecule has 1 rings (SSSR count). The summed E-state index contributed by atoms with van der Waals surface area (Å²) in [6.45, 7) is 8.13. The van der Waals surface area contributed by atoms with Gasteiger partial charge in [0.15, 0.2) is 0 Å². The molecule has 17 heavy (non-hydrogen) atoms. The molecule has 2 N–H and O–H groups in total. The summed E-state index contributed by atoms with van der Waals surface area (Å²) in [5.41, 5.74) is 1.69. The Labute approximate surface area is 104 Å². The third-order valence-electron chi connectivity index (χ3n) is 2.97. The summed E-state index contributed by atoms with van der Waals surface area (Å²) in [5, 5.41) is 13.0. The van der Waals surface area contributed by atoms with Gasteiger partial charge in [-0.1, -0.05) is 6.07 Å². The lowest BCUT2D eigenvalue weighted by atomic mass is 9.99. The second-order valence-corrected chi connectivity index (χ2v) is 5.21. The van der Waals surface area contributed by atoms with Crippen molar-refractivity contribution >= 4 is 5.69 Å². The zero-order valence-electron chi connectivity index (χ0n) is 11.4. The van der Waals surface area contributed by atoms with Crippen molar-refractivity contribution in [3.05, 3.63) is 23.8 Å². The van der Waals surface area contributed by atoms with Crippen LogP contribution in [0.15, 0.2) is 18.2 Å². The van der Waals surface area contributed by atoms with Crippen LogP contribution < -0.4 is 5.32 Å². The summed E-state index contributed by atoms with van der Waals surface area (Å²) in [6.07, 6.45) is 0.901. The van der Waals surface area contributed by atoms with Crippen LogP contribution in [0, 0.1) is 6.92 Å². The molecule has 96 valence electrons. The lowest BCUT2D eigenvalue weighted by Gasteiger charge is -2.27. The molecule has 0 aliphatic heterocycles. The van der Waals surface area contributed by atoms with Crippen molar-refractivity contribution in [3.8, 4) is 5.75 Å². The van der Waals surface area contributed by atoms with Crippen molar-refractivity contribution in [1.82, 2.24) is 0 Å². The van der Waals surface area contributed by atoms with Crippen LogP contribution in [-0.4, -0.2) is 23.9 Å². The van der Waals surface area contributed by atoms with E-state index in [4.69, 9.17) is 4.74 Å². The number of hydrogen-bond donors (Lipinski definition) is 2. The number of methoxy groups -OCH3 is 1. The maximum Gasteiger partial charge on any atom is 0.120 e. The van der Waals surface area contributed by atoms with Crippen LogP contribution in [0.2, 0.25) is 0 Å². The van der Waals surface area contributed by atoms with Gasteiger partial charge in [0.2, 0.25) is 0 Å². The molecule has 0 amide bonds. The van der Waals surface area contributed by atoms with Crippen LogP contribution in [-0.2, 0) is 4.74 Å². The predicted octanol–water partition coefficient (Wildman–Crippen LogP) is 3.32. The number of benzene rings is 1. The molecule has 1 unspecified atom stereocenters. The summed E-state index contributed by atoms with van der Waals surface area (Å²) in [5.74, 6) is 0.327. The third-order valence-corrected chi connectivity index (χ3v) is 2.97. The Morgan fingerprint density at radius 2 is 2.06 bits per heavy atom. The molecule has 0 heterocycles. The number of rotatable bonds is 5. The molecule has 0 aliphatic rings. The summed E-state index contributed by atoms with van der Waals surface area (Å²) < 4.78 is 5.40. The number of nitrogens with one attached hydrogen (secondary N) is 1. The van der Waals surface area contributed by atoms with Gasteiger partial charge in [-0.2, -0.15) is 0 Å². The molecule has 3 heteroatoms. The minimum atomic E-state index is -0.140. The average Bonchev–Trinajstić information content (AvgIpc) is 2.23. The standard InChI is InChI=1S/C14H23NO2/c1-10-6-7-12(8-13(10)16)15-11(2)9-14(3,4)17-5/h6-8,11,15-16H,9H2,1-5H3. The van der Waals surface area contributed by atoms with Crippen LogP contribution in [0.25, 0.3) is 0 Å². The van der Waals surface area contributed by atoms with Gasteiger partial charge in [0, 0.05) is 24.9 Å². The Hall–Kier alpha value is -1.22. The van der Waals surface area contributed by atoms with Crippen LogP contribution in [0.1, 0.15) is 32.8 Å². The van der Waals surface area contributed by atoms with Gasteiger partial charge in [-0.05, 0) is 45.7 Å². The Morgan fingerprint density at radius 3 is 2.59 bits per heavy atom. The van der Waals surface area contributed by atoms with Gasteiger partial charge in [0.25, 0.3) is 0 Å². The van der Waals surface area contributed by atoms with Gasteiger partial charge in [-0.25, -0.2) is 0 Å². The molecule has 0 radical (unpaired) electrons. The molecule has 1 aromatic rings. The number of aromatic hydroxyl groups is 1. The van der Waals surface area contributed by atoms with Gasteiger partial charge in [0.05, 0.1) is 5.60 Å².